The third-order valence-electron chi connectivity index (χ3n) is 2.20. The van der Waals surface area contributed by atoms with Gasteiger partial charge in [-0.25, -0.2) is 4.52 Å². The highest BCUT2D eigenvalue weighted by molar-refractivity contribution is 5.58. The van der Waals surface area contributed by atoms with E-state index in [2.05, 4.69) is 20.1 Å². The SMILES string of the molecule is [N-]=[N+]=NCCC=Cc1cc2c(=O)[nH]cnn2c1. The van der Waals surface area contributed by atoms with Gasteiger partial charge < -0.3 is 4.98 Å². The van der Waals surface area contributed by atoms with E-state index in [-0.39, 0.29) is 5.56 Å². The van der Waals surface area contributed by atoms with E-state index >= 15 is 0 Å². The molecule has 0 amide bonds. The van der Waals surface area contributed by atoms with Crippen LogP contribution in [-0.2, 0) is 0 Å². The van der Waals surface area contributed by atoms with Crippen LogP contribution in [0.3, 0.4) is 0 Å². The number of H-pyrrole nitrogens is 1. The Balaban J connectivity index is 2.17. The molecule has 0 aliphatic carbocycles. The zero-order valence-electron chi connectivity index (χ0n) is 8.95. The highest BCUT2D eigenvalue weighted by atomic mass is 16.1. The van der Waals surface area contributed by atoms with Crippen LogP contribution in [0.1, 0.15) is 12.0 Å². The number of hydrogen-bond donors (Lipinski definition) is 1. The fourth-order valence-electron chi connectivity index (χ4n) is 1.45. The van der Waals surface area contributed by atoms with Crippen LogP contribution in [0.5, 0.6) is 0 Å². The summed E-state index contributed by atoms with van der Waals surface area (Å²) in [4.78, 5) is 16.6. The first-order valence-corrected chi connectivity index (χ1v) is 5.05. The van der Waals surface area contributed by atoms with Crippen LogP contribution < -0.4 is 5.56 Å². The highest BCUT2D eigenvalue weighted by Gasteiger charge is 2.00. The minimum atomic E-state index is -0.172. The summed E-state index contributed by atoms with van der Waals surface area (Å²) in [6, 6.07) is 1.75. The van der Waals surface area contributed by atoms with Crippen molar-refractivity contribution >= 4 is 11.6 Å². The molecule has 86 valence electrons. The average Bonchev–Trinajstić information content (AvgIpc) is 2.73. The summed E-state index contributed by atoms with van der Waals surface area (Å²) >= 11 is 0. The van der Waals surface area contributed by atoms with Gasteiger partial charge in [-0.15, -0.1) is 0 Å². The quantitative estimate of drug-likeness (QED) is 0.374. The molecular weight excluding hydrogens is 220 g/mol. The molecule has 17 heavy (non-hydrogen) atoms. The molecule has 0 atom stereocenters. The molecule has 2 rings (SSSR count). The lowest BCUT2D eigenvalue weighted by Crippen LogP contribution is -2.09. The van der Waals surface area contributed by atoms with Crippen LogP contribution >= 0.6 is 0 Å². The molecule has 2 heterocycles. The molecule has 7 nitrogen and oxygen atoms in total. The second-order valence-corrected chi connectivity index (χ2v) is 3.37. The second-order valence-electron chi connectivity index (χ2n) is 3.37. The van der Waals surface area contributed by atoms with Crippen LogP contribution in [0, 0.1) is 0 Å². The van der Waals surface area contributed by atoms with E-state index in [9.17, 15) is 4.79 Å². The minimum Gasteiger partial charge on any atom is -0.310 e. The Bertz CT molecular complexity index is 646. The molecule has 0 radical (unpaired) electrons. The topological polar surface area (TPSA) is 98.9 Å². The first-order chi connectivity index (χ1) is 8.31. The molecule has 7 heteroatoms. The summed E-state index contributed by atoms with van der Waals surface area (Å²) in [7, 11) is 0. The molecule has 0 fully saturated rings. The fraction of sp³-hybridized carbons (Fsp3) is 0.200. The van der Waals surface area contributed by atoms with Crippen LogP contribution in [0.15, 0.2) is 34.6 Å². The van der Waals surface area contributed by atoms with E-state index in [0.717, 1.165) is 5.56 Å². The van der Waals surface area contributed by atoms with Crippen LogP contribution in [-0.4, -0.2) is 21.1 Å². The van der Waals surface area contributed by atoms with Crippen molar-refractivity contribution in [3.8, 4) is 0 Å². The Hall–Kier alpha value is -2.53. The summed E-state index contributed by atoms with van der Waals surface area (Å²) in [5.41, 5.74) is 9.31. The van der Waals surface area contributed by atoms with E-state index < -0.39 is 0 Å². The molecule has 2 aromatic rings. The van der Waals surface area contributed by atoms with E-state index in [0.29, 0.717) is 18.5 Å². The Morgan fingerprint density at radius 1 is 1.65 bits per heavy atom. The molecule has 0 aliphatic rings. The number of azide groups is 1. The number of aromatic amines is 1. The van der Waals surface area contributed by atoms with Crippen LogP contribution in [0.25, 0.3) is 22.0 Å². The fourth-order valence-corrected chi connectivity index (χ4v) is 1.45. The molecule has 0 saturated heterocycles. The van der Waals surface area contributed by atoms with Gasteiger partial charge in [-0.2, -0.15) is 5.10 Å². The number of nitrogens with zero attached hydrogens (tertiary/aromatic N) is 5. The van der Waals surface area contributed by atoms with Gasteiger partial charge in [0.25, 0.3) is 5.56 Å². The number of hydrogen-bond acceptors (Lipinski definition) is 3. The molecule has 0 unspecified atom stereocenters. The van der Waals surface area contributed by atoms with Gasteiger partial charge in [0.05, 0.1) is 0 Å². The lowest BCUT2D eigenvalue weighted by molar-refractivity contribution is 0.888. The van der Waals surface area contributed by atoms with Crippen molar-refractivity contribution in [1.82, 2.24) is 14.6 Å². The minimum absolute atomic E-state index is 0.172. The van der Waals surface area contributed by atoms with Gasteiger partial charge in [-0.1, -0.05) is 17.3 Å². The van der Waals surface area contributed by atoms with Gasteiger partial charge in [0, 0.05) is 17.7 Å². The molecule has 0 saturated carbocycles. The Kier molecular flexibility index (Phi) is 3.23. The van der Waals surface area contributed by atoms with E-state index in [1.54, 1.807) is 12.3 Å². The molecule has 0 aromatic carbocycles. The highest BCUT2D eigenvalue weighted by Crippen LogP contribution is 2.06. The van der Waals surface area contributed by atoms with Gasteiger partial charge in [0.1, 0.15) is 11.8 Å². The van der Waals surface area contributed by atoms with E-state index in [1.165, 1.54) is 10.8 Å². The average molecular weight is 230 g/mol. The van der Waals surface area contributed by atoms with E-state index in [4.69, 9.17) is 5.53 Å². The summed E-state index contributed by atoms with van der Waals surface area (Å²) in [6.45, 7) is 0.430. The molecule has 0 aliphatic heterocycles. The standard InChI is InChI=1S/C10H10N6O/c11-15-13-4-2-1-3-8-5-9-10(17)12-7-14-16(9)6-8/h1,3,5-7H,2,4H2,(H,12,14,17). The van der Waals surface area contributed by atoms with Crippen molar-refractivity contribution in [3.05, 3.63) is 51.0 Å². The summed E-state index contributed by atoms with van der Waals surface area (Å²) in [5, 5.41) is 7.40. The third kappa shape index (κ3) is 2.53. The second kappa shape index (κ2) is 5.00. The monoisotopic (exact) mass is 230 g/mol. The van der Waals surface area contributed by atoms with Crippen LogP contribution in [0.2, 0.25) is 0 Å². The van der Waals surface area contributed by atoms with Crippen molar-refractivity contribution in [3.63, 3.8) is 0 Å². The third-order valence-corrected chi connectivity index (χ3v) is 2.20. The Morgan fingerprint density at radius 2 is 2.53 bits per heavy atom. The lowest BCUT2D eigenvalue weighted by atomic mass is 10.2. The van der Waals surface area contributed by atoms with E-state index in [1.807, 2.05) is 12.2 Å². The largest absolute Gasteiger partial charge is 0.310 e. The van der Waals surface area contributed by atoms with Gasteiger partial charge in [-0.05, 0) is 23.6 Å². The van der Waals surface area contributed by atoms with Crippen molar-refractivity contribution in [2.45, 2.75) is 6.42 Å². The predicted octanol–water partition coefficient (Wildman–Crippen LogP) is 1.74. The first kappa shape index (κ1) is 11.0. The lowest BCUT2D eigenvalue weighted by Gasteiger charge is -1.87. The maximum atomic E-state index is 11.4. The molecule has 1 N–H and O–H groups in total. The van der Waals surface area contributed by atoms with Crippen molar-refractivity contribution in [2.75, 3.05) is 6.54 Å². The van der Waals surface area contributed by atoms with Gasteiger partial charge in [0.15, 0.2) is 0 Å². The Morgan fingerprint density at radius 3 is 3.29 bits per heavy atom. The maximum Gasteiger partial charge on any atom is 0.275 e. The molecule has 2 aromatic heterocycles. The number of rotatable bonds is 4. The number of aromatic nitrogens is 3. The predicted molar refractivity (Wildman–Crippen MR) is 63.5 cm³/mol. The zero-order chi connectivity index (χ0) is 12.1. The molecule has 0 bridgehead atoms. The first-order valence-electron chi connectivity index (χ1n) is 5.05. The maximum absolute atomic E-state index is 11.4. The number of nitrogens with one attached hydrogen (secondary N) is 1. The van der Waals surface area contributed by atoms with Crippen molar-refractivity contribution in [2.24, 2.45) is 5.11 Å². The van der Waals surface area contributed by atoms with Gasteiger partial charge >= 0.3 is 0 Å². The molecular formula is C10H10N6O. The molecule has 0 spiro atoms. The smallest absolute Gasteiger partial charge is 0.275 e. The summed E-state index contributed by atoms with van der Waals surface area (Å²) in [5.74, 6) is 0. The van der Waals surface area contributed by atoms with Crippen molar-refractivity contribution < 1.29 is 0 Å². The van der Waals surface area contributed by atoms with Crippen LogP contribution in [0.4, 0.5) is 0 Å². The normalized spacial score (nSPS) is 10.8. The number of fused-ring (bicyclic) bond motifs is 1. The summed E-state index contributed by atoms with van der Waals surface area (Å²) in [6.07, 6.45) is 7.53. The Labute approximate surface area is 96.0 Å². The van der Waals surface area contributed by atoms with Gasteiger partial charge in [-0.3, -0.25) is 4.79 Å². The van der Waals surface area contributed by atoms with Gasteiger partial charge in [0.2, 0.25) is 0 Å². The summed E-state index contributed by atoms with van der Waals surface area (Å²) < 4.78 is 1.52. The van der Waals surface area contributed by atoms with Crippen molar-refractivity contribution in [1.29, 1.82) is 0 Å². The zero-order valence-corrected chi connectivity index (χ0v) is 8.95.